The monoisotopic (exact) mass is 301 g/mol. The summed E-state index contributed by atoms with van der Waals surface area (Å²) in [6.45, 7) is 0.531. The van der Waals surface area contributed by atoms with E-state index >= 15 is 0 Å². The summed E-state index contributed by atoms with van der Waals surface area (Å²) in [4.78, 5) is 13.9. The zero-order chi connectivity index (χ0) is 15.5. The van der Waals surface area contributed by atoms with Crippen molar-refractivity contribution in [2.24, 2.45) is 0 Å². The highest BCUT2D eigenvalue weighted by Gasteiger charge is 2.30. The highest BCUT2D eigenvalue weighted by molar-refractivity contribution is 5.79. The van der Waals surface area contributed by atoms with Crippen LogP contribution in [0, 0.1) is 0 Å². The molecule has 6 heteroatoms. The molecule has 1 aliphatic heterocycles. The number of halogens is 3. The maximum Gasteiger partial charge on any atom is 0.416 e. The number of nitrogens with zero attached hydrogens (tertiary/aromatic N) is 1. The first-order chi connectivity index (χ1) is 9.91. The standard InChI is InChI=1S/C15H18F3NO2/c16-15(17,18)12-6-4-11(5-7-12)9-14(21)19-8-2-1-3-13(19)10-20/h4-7,13,20H,1-3,8-10H2. The zero-order valence-corrected chi connectivity index (χ0v) is 11.6. The maximum atomic E-state index is 12.5. The minimum Gasteiger partial charge on any atom is -0.394 e. The van der Waals surface area contributed by atoms with Crippen LogP contribution in [-0.2, 0) is 17.4 Å². The quantitative estimate of drug-likeness (QED) is 0.932. The molecular weight excluding hydrogens is 283 g/mol. The van der Waals surface area contributed by atoms with Crippen molar-refractivity contribution in [3.05, 3.63) is 35.4 Å². The van der Waals surface area contributed by atoms with Gasteiger partial charge in [0.2, 0.25) is 5.91 Å². The molecule has 2 rings (SSSR count). The minimum atomic E-state index is -4.36. The van der Waals surface area contributed by atoms with Crippen LogP contribution in [0.3, 0.4) is 0 Å². The smallest absolute Gasteiger partial charge is 0.394 e. The van der Waals surface area contributed by atoms with E-state index in [9.17, 15) is 23.1 Å². The van der Waals surface area contributed by atoms with Crippen molar-refractivity contribution in [2.75, 3.05) is 13.2 Å². The molecule has 1 unspecified atom stereocenters. The summed E-state index contributed by atoms with van der Waals surface area (Å²) in [5.74, 6) is -0.145. The van der Waals surface area contributed by atoms with E-state index in [2.05, 4.69) is 0 Å². The average Bonchev–Trinajstić information content (AvgIpc) is 2.46. The molecule has 1 atom stereocenters. The van der Waals surface area contributed by atoms with Crippen LogP contribution < -0.4 is 0 Å². The van der Waals surface area contributed by atoms with Gasteiger partial charge in [0.05, 0.1) is 24.6 Å². The number of hydrogen-bond donors (Lipinski definition) is 1. The molecule has 1 aromatic carbocycles. The second-order valence-corrected chi connectivity index (χ2v) is 5.29. The Bertz CT molecular complexity index is 485. The van der Waals surface area contributed by atoms with Crippen LogP contribution in [0.4, 0.5) is 13.2 Å². The summed E-state index contributed by atoms with van der Waals surface area (Å²) in [5, 5.41) is 9.28. The Balaban J connectivity index is 2.02. The van der Waals surface area contributed by atoms with E-state index in [4.69, 9.17) is 0 Å². The Morgan fingerprint density at radius 2 is 1.90 bits per heavy atom. The van der Waals surface area contributed by atoms with Crippen molar-refractivity contribution in [1.82, 2.24) is 4.90 Å². The second-order valence-electron chi connectivity index (χ2n) is 5.29. The lowest BCUT2D eigenvalue weighted by atomic mass is 10.0. The Kier molecular flexibility index (Phi) is 4.88. The lowest BCUT2D eigenvalue weighted by Crippen LogP contribution is -2.46. The first-order valence-corrected chi connectivity index (χ1v) is 6.98. The number of benzene rings is 1. The third-order valence-electron chi connectivity index (χ3n) is 3.79. The number of aliphatic hydroxyl groups is 1. The first kappa shape index (κ1) is 15.8. The zero-order valence-electron chi connectivity index (χ0n) is 11.6. The van der Waals surface area contributed by atoms with Gasteiger partial charge in [-0.05, 0) is 37.0 Å². The highest BCUT2D eigenvalue weighted by Crippen LogP contribution is 2.29. The molecule has 0 spiro atoms. The van der Waals surface area contributed by atoms with Gasteiger partial charge < -0.3 is 10.0 Å². The summed E-state index contributed by atoms with van der Waals surface area (Å²) < 4.78 is 37.4. The summed E-state index contributed by atoms with van der Waals surface area (Å²) in [6, 6.07) is 4.47. The number of piperidine rings is 1. The number of amides is 1. The van der Waals surface area contributed by atoms with Gasteiger partial charge in [-0.3, -0.25) is 4.79 Å². The molecule has 1 N–H and O–H groups in total. The Morgan fingerprint density at radius 1 is 1.24 bits per heavy atom. The number of likely N-dealkylation sites (tertiary alicyclic amines) is 1. The van der Waals surface area contributed by atoms with Gasteiger partial charge in [-0.2, -0.15) is 13.2 Å². The number of carbonyl (C=O) groups is 1. The number of aliphatic hydroxyl groups excluding tert-OH is 1. The molecule has 1 amide bonds. The third kappa shape index (κ3) is 3.97. The molecule has 1 saturated heterocycles. The fourth-order valence-electron chi connectivity index (χ4n) is 2.61. The molecular formula is C15H18F3NO2. The second kappa shape index (κ2) is 6.47. The molecule has 1 fully saturated rings. The maximum absolute atomic E-state index is 12.5. The Hall–Kier alpha value is -1.56. The van der Waals surface area contributed by atoms with Crippen LogP contribution in [0.2, 0.25) is 0 Å². The molecule has 1 aliphatic rings. The number of rotatable bonds is 3. The van der Waals surface area contributed by atoms with Crippen molar-refractivity contribution in [1.29, 1.82) is 0 Å². The van der Waals surface area contributed by atoms with Crippen molar-refractivity contribution < 1.29 is 23.1 Å². The number of hydrogen-bond acceptors (Lipinski definition) is 2. The van der Waals surface area contributed by atoms with Crippen LogP contribution in [0.5, 0.6) is 0 Å². The third-order valence-corrected chi connectivity index (χ3v) is 3.79. The van der Waals surface area contributed by atoms with Crippen LogP contribution in [0.25, 0.3) is 0 Å². The van der Waals surface area contributed by atoms with Crippen LogP contribution in [-0.4, -0.2) is 35.1 Å². The van der Waals surface area contributed by atoms with Crippen molar-refractivity contribution >= 4 is 5.91 Å². The van der Waals surface area contributed by atoms with Gasteiger partial charge in [-0.1, -0.05) is 12.1 Å². The lowest BCUT2D eigenvalue weighted by molar-refractivity contribution is -0.137. The normalized spacial score (nSPS) is 19.6. The molecule has 0 aromatic heterocycles. The topological polar surface area (TPSA) is 40.5 Å². The predicted octanol–water partition coefficient (Wildman–Crippen LogP) is 2.62. The summed E-state index contributed by atoms with van der Waals surface area (Å²) in [5.41, 5.74) is -0.167. The van der Waals surface area contributed by atoms with E-state index in [1.54, 1.807) is 4.90 Å². The van der Waals surface area contributed by atoms with E-state index in [0.29, 0.717) is 12.1 Å². The summed E-state index contributed by atoms with van der Waals surface area (Å²) in [6.07, 6.45) is -1.65. The van der Waals surface area contributed by atoms with Gasteiger partial charge in [-0.15, -0.1) is 0 Å². The molecule has 0 radical (unpaired) electrons. The first-order valence-electron chi connectivity index (χ1n) is 6.98. The van der Waals surface area contributed by atoms with Gasteiger partial charge >= 0.3 is 6.18 Å². The lowest BCUT2D eigenvalue weighted by Gasteiger charge is -2.34. The van der Waals surface area contributed by atoms with Gasteiger partial charge in [-0.25, -0.2) is 0 Å². The largest absolute Gasteiger partial charge is 0.416 e. The molecule has 116 valence electrons. The molecule has 1 aromatic rings. The fraction of sp³-hybridized carbons (Fsp3) is 0.533. The molecule has 0 saturated carbocycles. The van der Waals surface area contributed by atoms with E-state index in [1.807, 2.05) is 0 Å². The van der Waals surface area contributed by atoms with Gasteiger partial charge in [0.25, 0.3) is 0 Å². The Labute approximate surface area is 121 Å². The fourth-order valence-corrected chi connectivity index (χ4v) is 2.61. The SMILES string of the molecule is O=C(Cc1ccc(C(F)(F)F)cc1)N1CCCCC1CO. The van der Waals surface area contributed by atoms with Crippen molar-refractivity contribution in [3.8, 4) is 0 Å². The van der Waals surface area contributed by atoms with Gasteiger partial charge in [0.15, 0.2) is 0 Å². The molecule has 3 nitrogen and oxygen atoms in total. The van der Waals surface area contributed by atoms with E-state index < -0.39 is 11.7 Å². The van der Waals surface area contributed by atoms with Crippen molar-refractivity contribution in [2.45, 2.75) is 37.9 Å². The molecule has 0 bridgehead atoms. The molecule has 1 heterocycles. The minimum absolute atomic E-state index is 0.0641. The van der Waals surface area contributed by atoms with Crippen LogP contribution in [0.15, 0.2) is 24.3 Å². The summed E-state index contributed by atoms with van der Waals surface area (Å²) >= 11 is 0. The highest BCUT2D eigenvalue weighted by atomic mass is 19.4. The van der Waals surface area contributed by atoms with Crippen molar-refractivity contribution in [3.63, 3.8) is 0 Å². The van der Waals surface area contributed by atoms with E-state index in [-0.39, 0.29) is 25.0 Å². The molecule has 0 aliphatic carbocycles. The number of alkyl halides is 3. The number of carbonyl (C=O) groups excluding carboxylic acids is 1. The van der Waals surface area contributed by atoms with Crippen LogP contribution >= 0.6 is 0 Å². The van der Waals surface area contributed by atoms with Crippen LogP contribution in [0.1, 0.15) is 30.4 Å². The van der Waals surface area contributed by atoms with E-state index in [0.717, 1.165) is 31.4 Å². The van der Waals surface area contributed by atoms with Gasteiger partial charge in [0, 0.05) is 6.54 Å². The van der Waals surface area contributed by atoms with Gasteiger partial charge in [0.1, 0.15) is 0 Å². The summed E-state index contributed by atoms with van der Waals surface area (Å²) in [7, 11) is 0. The average molecular weight is 301 g/mol. The molecule has 21 heavy (non-hydrogen) atoms. The Morgan fingerprint density at radius 3 is 2.48 bits per heavy atom. The van der Waals surface area contributed by atoms with E-state index in [1.165, 1.54) is 12.1 Å². The predicted molar refractivity (Wildman–Crippen MR) is 71.6 cm³/mol.